The van der Waals surface area contributed by atoms with Crippen LogP contribution >= 0.6 is 0 Å². The van der Waals surface area contributed by atoms with E-state index < -0.39 is 16.0 Å². The zero-order valence-corrected chi connectivity index (χ0v) is 16.8. The second-order valence-electron chi connectivity index (χ2n) is 6.44. The molecule has 0 aliphatic rings. The Labute approximate surface area is 164 Å². The van der Waals surface area contributed by atoms with Crippen molar-refractivity contribution in [3.05, 3.63) is 59.7 Å². The Balaban J connectivity index is 2.25. The molecule has 0 bridgehead atoms. The van der Waals surface area contributed by atoms with Gasteiger partial charge in [0.25, 0.3) is 0 Å². The molecule has 0 amide bonds. The third-order valence-corrected chi connectivity index (χ3v) is 6.82. The lowest BCUT2D eigenvalue weighted by Gasteiger charge is -2.19. The molecule has 6 nitrogen and oxygen atoms in total. The van der Waals surface area contributed by atoms with Crippen LogP contribution < -0.4 is 0 Å². The molecule has 0 saturated heterocycles. The molecule has 3 rings (SSSR count). The summed E-state index contributed by atoms with van der Waals surface area (Å²) in [4.78, 5) is 16.6. The van der Waals surface area contributed by atoms with Gasteiger partial charge in [0.2, 0.25) is 10.0 Å². The molecule has 28 heavy (non-hydrogen) atoms. The summed E-state index contributed by atoms with van der Waals surface area (Å²) in [7, 11) is -3.69. The smallest absolute Gasteiger partial charge is 0.336 e. The van der Waals surface area contributed by atoms with Gasteiger partial charge < -0.3 is 5.11 Å². The van der Waals surface area contributed by atoms with Crippen molar-refractivity contribution in [2.45, 2.75) is 25.7 Å². The van der Waals surface area contributed by atoms with E-state index in [0.29, 0.717) is 29.7 Å². The Hall–Kier alpha value is -2.77. The van der Waals surface area contributed by atoms with Crippen LogP contribution in [0.3, 0.4) is 0 Å². The fourth-order valence-electron chi connectivity index (χ4n) is 3.25. The number of carbonyl (C=O) groups is 1. The van der Waals surface area contributed by atoms with Crippen molar-refractivity contribution in [1.29, 1.82) is 0 Å². The van der Waals surface area contributed by atoms with E-state index in [9.17, 15) is 18.3 Å². The Morgan fingerprint density at radius 3 is 2.36 bits per heavy atom. The summed E-state index contributed by atoms with van der Waals surface area (Å²) < 4.78 is 27.0. The topological polar surface area (TPSA) is 87.6 Å². The van der Waals surface area contributed by atoms with Crippen molar-refractivity contribution < 1.29 is 18.3 Å². The first-order valence-electron chi connectivity index (χ1n) is 9.03. The number of hydrogen-bond acceptors (Lipinski definition) is 4. The minimum atomic E-state index is -3.69. The summed E-state index contributed by atoms with van der Waals surface area (Å²) >= 11 is 0. The molecule has 0 fully saturated rings. The molecule has 0 atom stereocenters. The highest BCUT2D eigenvalue weighted by atomic mass is 32.2. The number of carboxylic acid groups (broad SMARTS) is 1. The molecule has 146 valence electrons. The van der Waals surface area contributed by atoms with Crippen LogP contribution in [0.2, 0.25) is 0 Å². The Morgan fingerprint density at radius 1 is 1.07 bits per heavy atom. The second kappa shape index (κ2) is 7.69. The molecule has 2 aromatic carbocycles. The second-order valence-corrected chi connectivity index (χ2v) is 8.38. The van der Waals surface area contributed by atoms with E-state index >= 15 is 0 Å². The number of rotatable bonds is 6. The minimum absolute atomic E-state index is 0.0276. The Kier molecular flexibility index (Phi) is 5.49. The van der Waals surface area contributed by atoms with Crippen molar-refractivity contribution in [3.8, 4) is 11.3 Å². The van der Waals surface area contributed by atoms with Gasteiger partial charge in [0.15, 0.2) is 0 Å². The molecule has 3 aromatic rings. The van der Waals surface area contributed by atoms with Crippen LogP contribution in [0.25, 0.3) is 22.2 Å². The molecule has 0 unspecified atom stereocenters. The Morgan fingerprint density at radius 2 is 1.75 bits per heavy atom. The van der Waals surface area contributed by atoms with Gasteiger partial charge in [-0.1, -0.05) is 38.1 Å². The number of carboxylic acids is 1. The van der Waals surface area contributed by atoms with E-state index in [1.54, 1.807) is 19.9 Å². The number of fused-ring (bicyclic) bond motifs is 1. The molecule has 1 N–H and O–H groups in total. The summed E-state index contributed by atoms with van der Waals surface area (Å²) in [5.41, 5.74) is 2.83. The fraction of sp³-hybridized carbons (Fsp3) is 0.238. The van der Waals surface area contributed by atoms with Crippen LogP contribution in [-0.4, -0.2) is 41.9 Å². The number of aryl methyl sites for hydroxylation is 1. The maximum Gasteiger partial charge on any atom is 0.336 e. The van der Waals surface area contributed by atoms with E-state index in [2.05, 4.69) is 4.98 Å². The lowest BCUT2D eigenvalue weighted by molar-refractivity contribution is 0.0699. The molecule has 0 saturated carbocycles. The number of benzene rings is 2. The number of nitrogens with zero attached hydrogens (tertiary/aromatic N) is 2. The first kappa shape index (κ1) is 20.0. The SMILES string of the molecule is CCN(CC)S(=O)(=O)c1ccc2nc(-c3ccccc3C)cc(C(=O)O)c2c1. The van der Waals surface area contributed by atoms with Crippen molar-refractivity contribution in [1.82, 2.24) is 9.29 Å². The molecule has 0 spiro atoms. The van der Waals surface area contributed by atoms with Gasteiger partial charge in [-0.3, -0.25) is 0 Å². The highest BCUT2D eigenvalue weighted by Crippen LogP contribution is 2.29. The normalized spacial score (nSPS) is 11.9. The van der Waals surface area contributed by atoms with E-state index in [1.165, 1.54) is 22.5 Å². The van der Waals surface area contributed by atoms with Crippen LogP contribution in [0.15, 0.2) is 53.4 Å². The first-order chi connectivity index (χ1) is 13.3. The molecule has 0 aliphatic carbocycles. The molecular formula is C21H22N2O4S. The Bertz CT molecular complexity index is 1150. The third-order valence-electron chi connectivity index (χ3n) is 4.77. The zero-order chi connectivity index (χ0) is 20.5. The highest BCUT2D eigenvalue weighted by molar-refractivity contribution is 7.89. The van der Waals surface area contributed by atoms with E-state index in [0.717, 1.165) is 11.1 Å². The van der Waals surface area contributed by atoms with Crippen LogP contribution in [0, 0.1) is 6.92 Å². The highest BCUT2D eigenvalue weighted by Gasteiger charge is 2.23. The van der Waals surface area contributed by atoms with Crippen molar-refractivity contribution >= 4 is 26.9 Å². The van der Waals surface area contributed by atoms with Gasteiger partial charge in [0.05, 0.1) is 21.7 Å². The average Bonchev–Trinajstić information content (AvgIpc) is 2.67. The van der Waals surface area contributed by atoms with Crippen molar-refractivity contribution in [3.63, 3.8) is 0 Å². The summed E-state index contributed by atoms with van der Waals surface area (Å²) in [5.74, 6) is -1.13. The summed E-state index contributed by atoms with van der Waals surface area (Å²) in [6.45, 7) is 6.14. The molecular weight excluding hydrogens is 376 g/mol. The average molecular weight is 398 g/mol. The van der Waals surface area contributed by atoms with E-state index in [-0.39, 0.29) is 10.5 Å². The van der Waals surface area contributed by atoms with E-state index in [4.69, 9.17) is 0 Å². The predicted octanol–water partition coefficient (Wildman–Crippen LogP) is 3.94. The number of aromatic carboxylic acids is 1. The molecule has 0 aliphatic heterocycles. The number of pyridine rings is 1. The van der Waals surface area contributed by atoms with Gasteiger partial charge in [0, 0.05) is 24.0 Å². The van der Waals surface area contributed by atoms with E-state index in [1.807, 2.05) is 31.2 Å². The van der Waals surface area contributed by atoms with Crippen molar-refractivity contribution in [2.24, 2.45) is 0 Å². The van der Waals surface area contributed by atoms with Crippen LogP contribution in [0.4, 0.5) is 0 Å². The quantitative estimate of drug-likeness (QED) is 0.679. The molecule has 1 aromatic heterocycles. The summed E-state index contributed by atoms with van der Waals surface area (Å²) in [6, 6.07) is 13.5. The monoisotopic (exact) mass is 398 g/mol. The zero-order valence-electron chi connectivity index (χ0n) is 16.0. The van der Waals surface area contributed by atoms with Crippen LogP contribution in [-0.2, 0) is 10.0 Å². The molecule has 0 radical (unpaired) electrons. The van der Waals surface area contributed by atoms with Crippen LogP contribution in [0.5, 0.6) is 0 Å². The number of aromatic nitrogens is 1. The van der Waals surface area contributed by atoms with Gasteiger partial charge >= 0.3 is 5.97 Å². The van der Waals surface area contributed by atoms with Gasteiger partial charge in [0.1, 0.15) is 0 Å². The van der Waals surface area contributed by atoms with Gasteiger partial charge in [-0.2, -0.15) is 4.31 Å². The van der Waals surface area contributed by atoms with Crippen molar-refractivity contribution in [2.75, 3.05) is 13.1 Å². The molecule has 1 heterocycles. The summed E-state index contributed by atoms with van der Waals surface area (Å²) in [5, 5.41) is 10.0. The lowest BCUT2D eigenvalue weighted by atomic mass is 10.0. The number of hydrogen-bond donors (Lipinski definition) is 1. The minimum Gasteiger partial charge on any atom is -0.478 e. The summed E-state index contributed by atoms with van der Waals surface area (Å²) in [6.07, 6.45) is 0. The lowest BCUT2D eigenvalue weighted by Crippen LogP contribution is -2.30. The number of sulfonamides is 1. The fourth-order valence-corrected chi connectivity index (χ4v) is 4.74. The van der Waals surface area contributed by atoms with Gasteiger partial charge in [-0.05, 0) is 36.8 Å². The molecule has 7 heteroatoms. The van der Waals surface area contributed by atoms with Gasteiger partial charge in [-0.25, -0.2) is 18.2 Å². The van der Waals surface area contributed by atoms with Gasteiger partial charge in [-0.15, -0.1) is 0 Å². The third kappa shape index (κ3) is 3.50. The maximum absolute atomic E-state index is 12.8. The largest absolute Gasteiger partial charge is 0.478 e. The first-order valence-corrected chi connectivity index (χ1v) is 10.5. The standard InChI is InChI=1S/C21H22N2O4S/c1-4-23(5-2)28(26,27)15-10-11-19-17(12-15)18(21(24)25)13-20(22-19)16-9-7-6-8-14(16)3/h6-13H,4-5H2,1-3H3,(H,24,25). The van der Waals surface area contributed by atoms with Crippen LogP contribution in [0.1, 0.15) is 29.8 Å². The maximum atomic E-state index is 12.8. The predicted molar refractivity (Wildman–Crippen MR) is 109 cm³/mol.